The van der Waals surface area contributed by atoms with Crippen LogP contribution in [0.4, 0.5) is 11.6 Å². The van der Waals surface area contributed by atoms with Crippen LogP contribution in [-0.2, 0) is 30.0 Å². The SMILES string of the molecule is Nc1nc2ncc(CNc3ccc(C(=O)N[C@@H](CCC(=O)NCCCCCC(=O)N4C[C@H](O[P+](=O)O)C[C@H]4CO)C(=O)O)cc3)nc2c(=O)[nH]1. The van der Waals surface area contributed by atoms with E-state index in [-0.39, 0.29) is 79.9 Å². The number of nitrogen functional groups attached to an aromatic ring is 1. The summed E-state index contributed by atoms with van der Waals surface area (Å²) in [5.41, 5.74) is 6.45. The van der Waals surface area contributed by atoms with Crippen LogP contribution in [0.3, 0.4) is 0 Å². The highest BCUT2D eigenvalue weighted by atomic mass is 31.1. The van der Waals surface area contributed by atoms with Crippen molar-refractivity contribution in [1.82, 2.24) is 35.5 Å². The molecule has 3 aromatic rings. The number of aliphatic carboxylic acids is 1. The van der Waals surface area contributed by atoms with Crippen molar-refractivity contribution >= 4 is 54.7 Å². The third kappa shape index (κ3) is 11.0. The highest BCUT2D eigenvalue weighted by molar-refractivity contribution is 7.32. The molecule has 3 heterocycles. The second-order valence-corrected chi connectivity index (χ2v) is 12.2. The average molecular weight is 717 g/mol. The predicted octanol–water partition coefficient (Wildman–Crippen LogP) is 0.175. The summed E-state index contributed by atoms with van der Waals surface area (Å²) in [6.45, 7) is 0.386. The van der Waals surface area contributed by atoms with Crippen molar-refractivity contribution in [2.75, 3.05) is 30.7 Å². The first-order chi connectivity index (χ1) is 23.9. The van der Waals surface area contributed by atoms with Gasteiger partial charge in [-0.25, -0.2) is 14.8 Å². The molecule has 0 bridgehead atoms. The van der Waals surface area contributed by atoms with Crippen LogP contribution in [0.2, 0.25) is 0 Å². The summed E-state index contributed by atoms with van der Waals surface area (Å²) in [6.07, 6.45) is 2.80. The molecule has 0 radical (unpaired) electrons. The molecule has 3 amide bonds. The van der Waals surface area contributed by atoms with Crippen LogP contribution >= 0.6 is 8.25 Å². The van der Waals surface area contributed by atoms with Gasteiger partial charge in [-0.3, -0.25) is 24.2 Å². The van der Waals surface area contributed by atoms with E-state index < -0.39 is 43.9 Å². The zero-order valence-corrected chi connectivity index (χ0v) is 27.8. The number of H-pyrrole nitrogens is 1. The molecule has 1 aromatic carbocycles. The minimum atomic E-state index is -2.80. The molecule has 2 aromatic heterocycles. The standard InChI is InChI=1S/C30H38N9O10P/c31-30-37-26-25(28(44)38-30)35-19(14-34-26)13-33-18-7-5-17(6-8-18)27(43)36-22(29(45)46)9-10-23(41)32-11-3-1-2-4-24(42)39-15-21(49-50(47)48)12-20(39)16-40/h5-8,14,20-22,40H,1-4,9-13,15-16H2,(H7-,31,32,33,34,36,37,38,41,43,44,45,46,47,48)/p+1/t20-,21+,22-/m0/s1. The summed E-state index contributed by atoms with van der Waals surface area (Å²) in [6, 6.07) is 4.47. The summed E-state index contributed by atoms with van der Waals surface area (Å²) in [7, 11) is -2.80. The van der Waals surface area contributed by atoms with Crippen molar-refractivity contribution in [3.8, 4) is 0 Å². The summed E-state index contributed by atoms with van der Waals surface area (Å²) in [5.74, 6) is -2.55. The number of aliphatic hydroxyl groups excluding tert-OH is 1. The van der Waals surface area contributed by atoms with Gasteiger partial charge in [0.1, 0.15) is 12.1 Å². The lowest BCUT2D eigenvalue weighted by Gasteiger charge is -2.22. The van der Waals surface area contributed by atoms with Crippen molar-refractivity contribution in [2.24, 2.45) is 0 Å². The number of anilines is 2. The maximum absolute atomic E-state index is 12.7. The first-order valence-electron chi connectivity index (χ1n) is 15.8. The van der Waals surface area contributed by atoms with Gasteiger partial charge >= 0.3 is 14.2 Å². The molecule has 20 heteroatoms. The number of carboxylic acid groups (broad SMARTS) is 1. The van der Waals surface area contributed by atoms with Gasteiger partial charge in [0.25, 0.3) is 11.5 Å². The quantitative estimate of drug-likeness (QED) is 0.0643. The molecular formula is C30H39N9O10P+. The highest BCUT2D eigenvalue weighted by Crippen LogP contribution is 2.28. The van der Waals surface area contributed by atoms with Gasteiger partial charge in [-0.05, 0) is 43.5 Å². The molecule has 4 atom stereocenters. The number of fused-ring (bicyclic) bond motifs is 1. The Hall–Kier alpha value is -5.10. The van der Waals surface area contributed by atoms with Crippen LogP contribution in [0.25, 0.3) is 11.2 Å². The Labute approximate surface area is 286 Å². The fourth-order valence-electron chi connectivity index (χ4n) is 5.36. The van der Waals surface area contributed by atoms with E-state index in [1.807, 2.05) is 0 Å². The Morgan fingerprint density at radius 1 is 1.12 bits per heavy atom. The number of benzene rings is 1. The highest BCUT2D eigenvalue weighted by Gasteiger charge is 2.39. The monoisotopic (exact) mass is 716 g/mol. The van der Waals surface area contributed by atoms with E-state index in [0.717, 1.165) is 0 Å². The van der Waals surface area contributed by atoms with Crippen LogP contribution in [0.5, 0.6) is 0 Å². The van der Waals surface area contributed by atoms with Gasteiger partial charge in [-0.2, -0.15) is 4.98 Å². The molecule has 1 saturated heterocycles. The number of amides is 3. The molecule has 50 heavy (non-hydrogen) atoms. The third-order valence-electron chi connectivity index (χ3n) is 7.91. The Morgan fingerprint density at radius 2 is 1.88 bits per heavy atom. The van der Waals surface area contributed by atoms with Gasteiger partial charge in [0.05, 0.1) is 37.6 Å². The number of unbranched alkanes of at least 4 members (excludes halogenated alkanes) is 2. The molecule has 268 valence electrons. The van der Waals surface area contributed by atoms with E-state index in [2.05, 4.69) is 35.9 Å². The minimum absolute atomic E-state index is 0.0435. The Bertz CT molecular complexity index is 1760. The molecule has 1 aliphatic heterocycles. The molecule has 9 N–H and O–H groups in total. The number of carbonyl (C=O) groups excluding carboxylic acids is 3. The van der Waals surface area contributed by atoms with E-state index in [1.165, 1.54) is 23.2 Å². The Balaban J connectivity index is 1.13. The lowest BCUT2D eigenvalue weighted by molar-refractivity contribution is -0.139. The van der Waals surface area contributed by atoms with Crippen LogP contribution in [0.15, 0.2) is 35.3 Å². The molecule has 1 unspecified atom stereocenters. The second-order valence-electron chi connectivity index (χ2n) is 11.6. The summed E-state index contributed by atoms with van der Waals surface area (Å²) >= 11 is 0. The maximum Gasteiger partial charge on any atom is 0.695 e. The van der Waals surface area contributed by atoms with Gasteiger partial charge in [-0.15, -0.1) is 9.42 Å². The Kier molecular flexibility index (Phi) is 13.6. The number of aromatic amines is 1. The molecule has 0 spiro atoms. The number of rotatable bonds is 18. The van der Waals surface area contributed by atoms with Gasteiger partial charge in [0, 0.05) is 41.6 Å². The van der Waals surface area contributed by atoms with Crippen molar-refractivity contribution in [1.29, 1.82) is 0 Å². The zero-order valence-electron chi connectivity index (χ0n) is 26.9. The number of nitrogens with two attached hydrogens (primary N) is 1. The van der Waals surface area contributed by atoms with Gasteiger partial charge in [0.2, 0.25) is 17.8 Å². The fourth-order valence-corrected chi connectivity index (χ4v) is 5.76. The van der Waals surface area contributed by atoms with Crippen LogP contribution in [-0.4, -0.2) is 102 Å². The number of aliphatic hydroxyl groups is 1. The van der Waals surface area contributed by atoms with E-state index in [9.17, 15) is 38.8 Å². The second kappa shape index (κ2) is 18.1. The summed E-state index contributed by atoms with van der Waals surface area (Å²) < 4.78 is 15.8. The van der Waals surface area contributed by atoms with Crippen molar-refractivity contribution in [3.05, 3.63) is 52.1 Å². The summed E-state index contributed by atoms with van der Waals surface area (Å²) in [5, 5.41) is 27.4. The van der Waals surface area contributed by atoms with Crippen LogP contribution < -0.4 is 27.2 Å². The summed E-state index contributed by atoms with van der Waals surface area (Å²) in [4.78, 5) is 86.5. The molecule has 19 nitrogen and oxygen atoms in total. The van der Waals surface area contributed by atoms with Gasteiger partial charge in [-0.1, -0.05) is 6.42 Å². The van der Waals surface area contributed by atoms with Gasteiger partial charge in [0.15, 0.2) is 11.2 Å². The van der Waals surface area contributed by atoms with Crippen LogP contribution in [0.1, 0.15) is 61.0 Å². The van der Waals surface area contributed by atoms with Crippen molar-refractivity contribution < 1.29 is 43.4 Å². The number of carboxylic acids is 1. The first kappa shape index (κ1) is 37.7. The van der Waals surface area contributed by atoms with Gasteiger partial charge < -0.3 is 36.8 Å². The zero-order chi connectivity index (χ0) is 36.2. The maximum atomic E-state index is 12.7. The van der Waals surface area contributed by atoms with Crippen LogP contribution in [0, 0.1) is 0 Å². The Morgan fingerprint density at radius 3 is 2.58 bits per heavy atom. The predicted molar refractivity (Wildman–Crippen MR) is 178 cm³/mol. The number of hydrogen-bond donors (Lipinski definition) is 8. The number of carbonyl (C=O) groups is 4. The molecule has 1 aliphatic rings. The normalized spacial score (nSPS) is 16.5. The lowest BCUT2D eigenvalue weighted by Crippen LogP contribution is -2.41. The average Bonchev–Trinajstić information content (AvgIpc) is 3.49. The smallest absolute Gasteiger partial charge is 0.480 e. The number of likely N-dealkylation sites (tertiary alicyclic amines) is 1. The van der Waals surface area contributed by atoms with E-state index in [0.29, 0.717) is 37.2 Å². The molecule has 0 aliphatic carbocycles. The largest absolute Gasteiger partial charge is 0.695 e. The molecular weight excluding hydrogens is 677 g/mol. The van der Waals surface area contributed by atoms with Crippen molar-refractivity contribution in [3.63, 3.8) is 0 Å². The fraction of sp³-hybridized carbons (Fsp3) is 0.467. The first-order valence-corrected chi connectivity index (χ1v) is 17.0. The molecule has 1 fully saturated rings. The number of nitrogens with one attached hydrogen (secondary N) is 4. The van der Waals surface area contributed by atoms with E-state index in [1.54, 1.807) is 12.1 Å². The lowest BCUT2D eigenvalue weighted by atomic mass is 10.1. The molecule has 4 rings (SSSR count). The number of hydrogen-bond acceptors (Lipinski definition) is 13. The number of nitrogens with zero attached hydrogens (tertiary/aromatic N) is 4. The third-order valence-corrected chi connectivity index (χ3v) is 8.38. The van der Waals surface area contributed by atoms with E-state index >= 15 is 0 Å². The minimum Gasteiger partial charge on any atom is -0.480 e. The molecule has 0 saturated carbocycles. The van der Waals surface area contributed by atoms with E-state index in [4.69, 9.17) is 15.2 Å². The topological polar surface area (TPSA) is 292 Å². The number of aromatic nitrogens is 4. The van der Waals surface area contributed by atoms with Crippen molar-refractivity contribution in [2.45, 2.75) is 69.7 Å².